The van der Waals surface area contributed by atoms with Crippen LogP contribution in [0.25, 0.3) is 0 Å². The van der Waals surface area contributed by atoms with Gasteiger partial charge in [0.05, 0.1) is 0 Å². The zero-order chi connectivity index (χ0) is 11.8. The third kappa shape index (κ3) is 4.78. The molecular formula is C14H19NO. The smallest absolute Gasteiger partial charge is 0.133 e. The van der Waals surface area contributed by atoms with E-state index in [9.17, 15) is 4.79 Å². The molecule has 0 aliphatic carbocycles. The first-order chi connectivity index (χ1) is 7.72. The summed E-state index contributed by atoms with van der Waals surface area (Å²) in [6, 6.07) is 7.70. The zero-order valence-electron chi connectivity index (χ0n) is 9.61. The van der Waals surface area contributed by atoms with E-state index in [1.807, 2.05) is 30.3 Å². The number of carbonyl (C=O) groups excluding carboxylic acids is 1. The van der Waals surface area contributed by atoms with Crippen LogP contribution >= 0.6 is 0 Å². The Labute approximate surface area is 97.2 Å². The van der Waals surface area contributed by atoms with Gasteiger partial charge in [0, 0.05) is 18.5 Å². The average molecular weight is 217 g/mol. The lowest BCUT2D eigenvalue weighted by Crippen LogP contribution is -2.00. The Morgan fingerprint density at radius 3 is 2.56 bits per heavy atom. The molecule has 2 N–H and O–H groups in total. The van der Waals surface area contributed by atoms with Crippen LogP contribution in [0.2, 0.25) is 0 Å². The van der Waals surface area contributed by atoms with E-state index in [4.69, 9.17) is 5.73 Å². The van der Waals surface area contributed by atoms with Gasteiger partial charge >= 0.3 is 0 Å². The molecule has 86 valence electrons. The van der Waals surface area contributed by atoms with Crippen molar-refractivity contribution in [2.75, 3.05) is 5.73 Å². The third-order valence-corrected chi connectivity index (χ3v) is 2.54. The molecule has 0 heterocycles. The van der Waals surface area contributed by atoms with Gasteiger partial charge in [0.1, 0.15) is 5.78 Å². The van der Waals surface area contributed by atoms with Gasteiger partial charge in [0.15, 0.2) is 0 Å². The number of allylic oxidation sites excluding steroid dienone is 1. The van der Waals surface area contributed by atoms with Crippen molar-refractivity contribution in [3.05, 3.63) is 42.5 Å². The third-order valence-electron chi connectivity index (χ3n) is 2.54. The maximum absolute atomic E-state index is 11.5. The van der Waals surface area contributed by atoms with Crippen molar-refractivity contribution in [1.29, 1.82) is 0 Å². The van der Waals surface area contributed by atoms with Crippen molar-refractivity contribution in [2.45, 2.75) is 32.1 Å². The summed E-state index contributed by atoms with van der Waals surface area (Å²) in [4.78, 5) is 11.5. The fourth-order valence-electron chi connectivity index (χ4n) is 1.54. The molecule has 0 atom stereocenters. The molecule has 0 radical (unpaired) electrons. The Balaban J connectivity index is 2.26. The van der Waals surface area contributed by atoms with Crippen molar-refractivity contribution in [2.24, 2.45) is 0 Å². The van der Waals surface area contributed by atoms with Gasteiger partial charge in [-0.3, -0.25) is 4.79 Å². The van der Waals surface area contributed by atoms with Crippen LogP contribution in [0.4, 0.5) is 5.69 Å². The summed E-state index contributed by atoms with van der Waals surface area (Å²) in [5, 5.41) is 0. The minimum atomic E-state index is 0.332. The van der Waals surface area contributed by atoms with E-state index in [-0.39, 0.29) is 0 Å². The van der Waals surface area contributed by atoms with Crippen molar-refractivity contribution in [1.82, 2.24) is 0 Å². The number of rotatable bonds is 7. The number of benzene rings is 1. The second-order valence-electron chi connectivity index (χ2n) is 3.96. The zero-order valence-corrected chi connectivity index (χ0v) is 9.61. The molecule has 0 spiro atoms. The Morgan fingerprint density at radius 2 is 1.94 bits per heavy atom. The molecule has 0 aliphatic heterocycles. The van der Waals surface area contributed by atoms with E-state index in [1.165, 1.54) is 5.56 Å². The van der Waals surface area contributed by atoms with Crippen molar-refractivity contribution in [3.63, 3.8) is 0 Å². The quantitative estimate of drug-likeness (QED) is 0.433. The number of ketones is 1. The van der Waals surface area contributed by atoms with E-state index in [2.05, 4.69) is 6.58 Å². The number of nitrogen functional groups attached to an aromatic ring is 1. The topological polar surface area (TPSA) is 43.1 Å². The van der Waals surface area contributed by atoms with Crippen LogP contribution in [-0.2, 0) is 11.2 Å². The SMILES string of the molecule is C=CCCCC(=O)CCc1ccc(N)cc1. The van der Waals surface area contributed by atoms with Gasteiger partial charge in [0.2, 0.25) is 0 Å². The maximum Gasteiger partial charge on any atom is 0.133 e. The molecule has 16 heavy (non-hydrogen) atoms. The summed E-state index contributed by atoms with van der Waals surface area (Å²) in [5.74, 6) is 0.332. The summed E-state index contributed by atoms with van der Waals surface area (Å²) < 4.78 is 0. The summed E-state index contributed by atoms with van der Waals surface area (Å²) in [6.07, 6.45) is 5.81. The van der Waals surface area contributed by atoms with E-state index in [0.717, 1.165) is 24.9 Å². The van der Waals surface area contributed by atoms with E-state index in [0.29, 0.717) is 18.6 Å². The number of nitrogens with two attached hydrogens (primary N) is 1. The molecule has 0 amide bonds. The Morgan fingerprint density at radius 1 is 1.25 bits per heavy atom. The van der Waals surface area contributed by atoms with Gasteiger partial charge in [-0.2, -0.15) is 0 Å². The fourth-order valence-corrected chi connectivity index (χ4v) is 1.54. The molecule has 1 aromatic rings. The average Bonchev–Trinajstić information content (AvgIpc) is 2.29. The number of anilines is 1. The number of carbonyl (C=O) groups is 1. The van der Waals surface area contributed by atoms with Gasteiger partial charge in [-0.1, -0.05) is 18.2 Å². The fraction of sp³-hybridized carbons (Fsp3) is 0.357. The normalized spacial score (nSPS) is 10.0. The molecule has 0 bridgehead atoms. The van der Waals surface area contributed by atoms with E-state index >= 15 is 0 Å². The largest absolute Gasteiger partial charge is 0.399 e. The summed E-state index contributed by atoms with van der Waals surface area (Å²) in [6.45, 7) is 3.64. The van der Waals surface area contributed by atoms with Crippen LogP contribution in [-0.4, -0.2) is 5.78 Å². The van der Waals surface area contributed by atoms with Crippen LogP contribution < -0.4 is 5.73 Å². The standard InChI is InChI=1S/C14H19NO/c1-2-3-4-5-14(16)11-8-12-6-9-13(15)10-7-12/h2,6-7,9-10H,1,3-5,8,11,15H2. The molecule has 0 aromatic heterocycles. The second kappa shape index (κ2) is 6.83. The molecule has 2 heteroatoms. The first-order valence-electron chi connectivity index (χ1n) is 5.69. The number of aryl methyl sites for hydroxylation is 1. The number of Topliss-reactive ketones (excluding diaryl/α,β-unsaturated/α-hetero) is 1. The maximum atomic E-state index is 11.5. The number of unbranched alkanes of at least 4 members (excludes halogenated alkanes) is 1. The van der Waals surface area contributed by atoms with Crippen molar-refractivity contribution < 1.29 is 4.79 Å². The Kier molecular flexibility index (Phi) is 5.34. The predicted molar refractivity (Wildman–Crippen MR) is 68.2 cm³/mol. The van der Waals surface area contributed by atoms with E-state index in [1.54, 1.807) is 0 Å². The minimum absolute atomic E-state index is 0.332. The summed E-state index contributed by atoms with van der Waals surface area (Å²) in [5.41, 5.74) is 7.52. The lowest BCUT2D eigenvalue weighted by atomic mass is 10.0. The van der Waals surface area contributed by atoms with Gasteiger partial charge < -0.3 is 5.73 Å². The van der Waals surface area contributed by atoms with Gasteiger partial charge in [-0.05, 0) is 37.0 Å². The molecule has 0 fully saturated rings. The van der Waals surface area contributed by atoms with Crippen molar-refractivity contribution >= 4 is 11.5 Å². The molecule has 2 nitrogen and oxygen atoms in total. The lowest BCUT2D eigenvalue weighted by Gasteiger charge is -2.01. The Hall–Kier alpha value is -1.57. The molecular weight excluding hydrogens is 198 g/mol. The number of hydrogen-bond acceptors (Lipinski definition) is 2. The summed E-state index contributed by atoms with van der Waals surface area (Å²) in [7, 11) is 0. The lowest BCUT2D eigenvalue weighted by molar-refractivity contribution is -0.119. The van der Waals surface area contributed by atoms with Gasteiger partial charge in [-0.25, -0.2) is 0 Å². The van der Waals surface area contributed by atoms with Crippen LogP contribution in [0.5, 0.6) is 0 Å². The molecule has 0 saturated heterocycles. The van der Waals surface area contributed by atoms with Crippen LogP contribution in [0.1, 0.15) is 31.2 Å². The van der Waals surface area contributed by atoms with E-state index < -0.39 is 0 Å². The highest BCUT2D eigenvalue weighted by molar-refractivity contribution is 5.78. The molecule has 0 aliphatic rings. The first-order valence-corrected chi connectivity index (χ1v) is 5.69. The molecule has 1 aromatic carbocycles. The predicted octanol–water partition coefficient (Wildman–Crippen LogP) is 3.13. The molecule has 0 unspecified atom stereocenters. The number of hydrogen-bond donors (Lipinski definition) is 1. The van der Waals surface area contributed by atoms with Crippen LogP contribution in [0, 0.1) is 0 Å². The summed E-state index contributed by atoms with van der Waals surface area (Å²) >= 11 is 0. The molecule has 0 saturated carbocycles. The van der Waals surface area contributed by atoms with Gasteiger partial charge in [-0.15, -0.1) is 6.58 Å². The highest BCUT2D eigenvalue weighted by atomic mass is 16.1. The van der Waals surface area contributed by atoms with Crippen molar-refractivity contribution in [3.8, 4) is 0 Å². The minimum Gasteiger partial charge on any atom is -0.399 e. The second-order valence-corrected chi connectivity index (χ2v) is 3.96. The van der Waals surface area contributed by atoms with Crippen LogP contribution in [0.3, 0.4) is 0 Å². The highest BCUT2D eigenvalue weighted by Crippen LogP contribution is 2.09. The monoisotopic (exact) mass is 217 g/mol. The Bertz CT molecular complexity index is 340. The van der Waals surface area contributed by atoms with Gasteiger partial charge in [0.25, 0.3) is 0 Å². The van der Waals surface area contributed by atoms with Crippen LogP contribution in [0.15, 0.2) is 36.9 Å². The highest BCUT2D eigenvalue weighted by Gasteiger charge is 2.02. The first kappa shape index (κ1) is 12.5. The molecule has 1 rings (SSSR count).